The summed E-state index contributed by atoms with van der Waals surface area (Å²) in [4.78, 5) is 49.9. The number of ketones is 2. The van der Waals surface area contributed by atoms with E-state index < -0.39 is 18.2 Å². The summed E-state index contributed by atoms with van der Waals surface area (Å²) >= 11 is 6.65. The molecule has 0 saturated heterocycles. The predicted octanol–water partition coefficient (Wildman–Crippen LogP) is 12.0. The number of Topliss-reactive ketones (excluding diaryl/α,β-unsaturated/α-hetero) is 2. The van der Waals surface area contributed by atoms with Gasteiger partial charge in [-0.05, 0) is 66.2 Å². The van der Waals surface area contributed by atoms with Crippen molar-refractivity contribution in [1.29, 1.82) is 0 Å². The number of carbonyl (C=O) groups excluding carboxylic acids is 4. The Hall–Kier alpha value is -4.95. The fourth-order valence-electron chi connectivity index (χ4n) is 6.68. The second-order valence-electron chi connectivity index (χ2n) is 15.6. The maximum atomic E-state index is 13.3. The van der Waals surface area contributed by atoms with Crippen molar-refractivity contribution in [1.82, 2.24) is 10.6 Å². The van der Waals surface area contributed by atoms with Crippen LogP contribution in [-0.2, 0) is 38.7 Å². The average molecular weight is 826 g/mol. The Labute approximate surface area is 357 Å². The minimum absolute atomic E-state index is 0.108. The number of hydrogen-bond acceptors (Lipinski definition) is 6. The summed E-state index contributed by atoms with van der Waals surface area (Å²) in [5.41, 5.74) is 4.04. The number of halogens is 1. The zero-order valence-corrected chi connectivity index (χ0v) is 36.2. The molecule has 0 aliphatic heterocycles. The van der Waals surface area contributed by atoms with Crippen molar-refractivity contribution < 1.29 is 28.7 Å². The number of carbonyl (C=O) groups is 4. The molecule has 2 N–H and O–H groups in total. The van der Waals surface area contributed by atoms with Crippen LogP contribution in [0.4, 0.5) is 9.59 Å². The van der Waals surface area contributed by atoms with Crippen molar-refractivity contribution in [3.05, 3.63) is 144 Å². The van der Waals surface area contributed by atoms with E-state index in [0.717, 1.165) is 36.0 Å². The molecule has 0 heterocycles. The summed E-state index contributed by atoms with van der Waals surface area (Å²) in [5.74, 6) is 0.885. The summed E-state index contributed by atoms with van der Waals surface area (Å²) in [7, 11) is 0. The summed E-state index contributed by atoms with van der Waals surface area (Å²) in [6.45, 7) is 9.10. The van der Waals surface area contributed by atoms with E-state index in [9.17, 15) is 19.2 Å². The lowest BCUT2D eigenvalue weighted by molar-refractivity contribution is -0.123. The fraction of sp³-hybridized carbons (Fsp3) is 0.440. The highest BCUT2D eigenvalue weighted by Crippen LogP contribution is 2.31. The molecule has 0 bridgehead atoms. The molecule has 4 aromatic carbocycles. The maximum absolute atomic E-state index is 13.3. The van der Waals surface area contributed by atoms with E-state index in [2.05, 4.69) is 55.7 Å². The van der Waals surface area contributed by atoms with Crippen LogP contribution in [0.2, 0.25) is 0 Å². The Morgan fingerprint density at radius 1 is 0.593 bits per heavy atom. The van der Waals surface area contributed by atoms with Crippen molar-refractivity contribution >= 4 is 35.4 Å². The molecular weight excluding hydrogens is 760 g/mol. The van der Waals surface area contributed by atoms with E-state index in [1.165, 1.54) is 24.8 Å². The summed E-state index contributed by atoms with van der Waals surface area (Å²) < 4.78 is 10.6. The van der Waals surface area contributed by atoms with Gasteiger partial charge in [0.25, 0.3) is 0 Å². The molecule has 0 aliphatic rings. The third kappa shape index (κ3) is 20.5. The number of amides is 2. The van der Waals surface area contributed by atoms with Crippen molar-refractivity contribution in [3.8, 4) is 0 Å². The van der Waals surface area contributed by atoms with E-state index in [-0.39, 0.29) is 42.6 Å². The molecule has 5 atom stereocenters. The Balaban J connectivity index is 0.000000410. The van der Waals surface area contributed by atoms with Gasteiger partial charge in [0.1, 0.15) is 19.0 Å². The second kappa shape index (κ2) is 28.5. The van der Waals surface area contributed by atoms with Crippen LogP contribution in [-0.4, -0.2) is 36.3 Å². The molecule has 2 amide bonds. The minimum Gasteiger partial charge on any atom is -0.445 e. The Bertz CT molecular complexity index is 1760. The van der Waals surface area contributed by atoms with E-state index in [1.54, 1.807) is 0 Å². The van der Waals surface area contributed by atoms with Crippen molar-refractivity contribution in [2.45, 2.75) is 117 Å². The summed E-state index contributed by atoms with van der Waals surface area (Å²) in [6.07, 6.45) is 7.14. The summed E-state index contributed by atoms with van der Waals surface area (Å²) in [5, 5.41) is 5.14. The van der Waals surface area contributed by atoms with Crippen LogP contribution in [0.3, 0.4) is 0 Å². The van der Waals surface area contributed by atoms with Crippen LogP contribution in [0.15, 0.2) is 121 Å². The topological polar surface area (TPSA) is 111 Å². The number of alkyl carbamates (subject to hydrolysis) is 2. The lowest BCUT2D eigenvalue weighted by Crippen LogP contribution is -2.42. The normalized spacial score (nSPS) is 13.3. The zero-order valence-electron chi connectivity index (χ0n) is 35.5. The SMILES string of the molecule is CCCCC[C@H](C)C(=O)C[C@@H](C)Cc1ccccc1.C[C@H](CC(=O)[C@H](CCCCNC(=O)OCc1ccccc1)NC(=O)OCc1ccccc1)C(Cl)c1ccccc1. The van der Waals surface area contributed by atoms with Gasteiger partial charge >= 0.3 is 12.2 Å². The van der Waals surface area contributed by atoms with Gasteiger partial charge in [-0.25, -0.2) is 9.59 Å². The van der Waals surface area contributed by atoms with Gasteiger partial charge in [-0.2, -0.15) is 0 Å². The molecule has 0 saturated carbocycles. The third-order valence-corrected chi connectivity index (χ3v) is 10.9. The van der Waals surface area contributed by atoms with Crippen LogP contribution in [0.5, 0.6) is 0 Å². The summed E-state index contributed by atoms with van der Waals surface area (Å²) in [6, 6.07) is 38.1. The van der Waals surface area contributed by atoms with Gasteiger partial charge in [-0.15, -0.1) is 11.6 Å². The molecule has 4 rings (SSSR count). The van der Waals surface area contributed by atoms with Gasteiger partial charge in [0.2, 0.25) is 0 Å². The number of hydrogen-bond donors (Lipinski definition) is 2. The van der Waals surface area contributed by atoms with Gasteiger partial charge in [-0.1, -0.05) is 168 Å². The highest BCUT2D eigenvalue weighted by atomic mass is 35.5. The number of alkyl halides is 1. The molecule has 1 unspecified atom stereocenters. The number of unbranched alkanes of at least 4 members (excludes halogenated alkanes) is 3. The minimum atomic E-state index is -0.726. The molecule has 0 aliphatic carbocycles. The van der Waals surface area contributed by atoms with Gasteiger partial charge in [0.05, 0.1) is 11.4 Å². The first kappa shape index (κ1) is 48.4. The van der Waals surface area contributed by atoms with E-state index in [0.29, 0.717) is 37.5 Å². The van der Waals surface area contributed by atoms with Gasteiger partial charge < -0.3 is 20.1 Å². The molecule has 9 heteroatoms. The van der Waals surface area contributed by atoms with Crippen LogP contribution < -0.4 is 10.6 Å². The number of nitrogens with one attached hydrogen (secondary N) is 2. The lowest BCUT2D eigenvalue weighted by Gasteiger charge is -2.22. The monoisotopic (exact) mass is 824 g/mol. The predicted molar refractivity (Wildman–Crippen MR) is 238 cm³/mol. The first-order valence-corrected chi connectivity index (χ1v) is 21.7. The Kier molecular flexibility index (Phi) is 23.4. The molecule has 0 aromatic heterocycles. The van der Waals surface area contributed by atoms with E-state index in [4.69, 9.17) is 21.1 Å². The van der Waals surface area contributed by atoms with Crippen molar-refractivity contribution in [2.24, 2.45) is 17.8 Å². The molecule has 0 spiro atoms. The molecular formula is C50H65ClN2O6. The highest BCUT2D eigenvalue weighted by molar-refractivity contribution is 6.21. The van der Waals surface area contributed by atoms with E-state index in [1.807, 2.05) is 104 Å². The zero-order chi connectivity index (χ0) is 42.7. The third-order valence-electron chi connectivity index (χ3n) is 10.2. The van der Waals surface area contributed by atoms with Crippen molar-refractivity contribution in [3.63, 3.8) is 0 Å². The highest BCUT2D eigenvalue weighted by Gasteiger charge is 2.26. The number of benzene rings is 4. The number of rotatable bonds is 24. The van der Waals surface area contributed by atoms with Crippen LogP contribution in [0.25, 0.3) is 0 Å². The van der Waals surface area contributed by atoms with Gasteiger partial charge in [-0.3, -0.25) is 9.59 Å². The maximum Gasteiger partial charge on any atom is 0.408 e. The van der Waals surface area contributed by atoms with E-state index >= 15 is 0 Å². The average Bonchev–Trinajstić information content (AvgIpc) is 3.25. The van der Waals surface area contributed by atoms with Crippen molar-refractivity contribution in [2.75, 3.05) is 6.54 Å². The molecule has 8 nitrogen and oxygen atoms in total. The van der Waals surface area contributed by atoms with Crippen LogP contribution in [0.1, 0.15) is 113 Å². The lowest BCUT2D eigenvalue weighted by atomic mass is 9.89. The van der Waals surface area contributed by atoms with Gasteiger partial charge in [0.15, 0.2) is 5.78 Å². The Morgan fingerprint density at radius 2 is 1.10 bits per heavy atom. The Morgan fingerprint density at radius 3 is 1.66 bits per heavy atom. The molecule has 59 heavy (non-hydrogen) atoms. The van der Waals surface area contributed by atoms with Crippen LogP contribution >= 0.6 is 11.6 Å². The fourth-order valence-corrected chi connectivity index (χ4v) is 6.92. The molecule has 4 aromatic rings. The number of ether oxygens (including phenoxy) is 2. The van der Waals surface area contributed by atoms with Crippen LogP contribution in [0, 0.1) is 17.8 Å². The standard InChI is InChI=1S/C32H37ClN2O5.C18H28O/c1-24(30(33)27-17-9-4-10-18-27)21-29(36)28(35-32(38)40-23-26-15-7-3-8-16-26)19-11-12-20-34-31(37)39-22-25-13-5-2-6-14-25;1-4-5-7-10-16(3)18(19)14-15(2)13-17-11-8-6-9-12-17/h2-10,13-18,24,28,30H,11-12,19-23H2,1H3,(H,34,37)(H,35,38);6,8-9,11-12,15-16H,4-5,7,10,13-14H2,1-3H3/t24-,28+,30?;15-,16-/m10/s1. The first-order chi connectivity index (χ1) is 28.5. The first-order valence-electron chi connectivity index (χ1n) is 21.3. The quantitative estimate of drug-likeness (QED) is 0.0538. The second-order valence-corrected chi connectivity index (χ2v) is 16.0. The largest absolute Gasteiger partial charge is 0.445 e. The van der Waals surface area contributed by atoms with Gasteiger partial charge in [0, 0.05) is 25.3 Å². The molecule has 318 valence electrons. The molecule has 0 radical (unpaired) electrons. The smallest absolute Gasteiger partial charge is 0.408 e. The molecule has 0 fully saturated rings.